The fourth-order valence-corrected chi connectivity index (χ4v) is 3.24. The van der Waals surface area contributed by atoms with Gasteiger partial charge in [-0.05, 0) is 38.0 Å². The van der Waals surface area contributed by atoms with Crippen LogP contribution in [-0.2, 0) is 4.79 Å². The molecular formula is C16H19Cl2N4O2+. The summed E-state index contributed by atoms with van der Waals surface area (Å²) >= 11 is 12.1. The van der Waals surface area contributed by atoms with Gasteiger partial charge in [-0.1, -0.05) is 23.2 Å². The topological polar surface area (TPSA) is 86.9 Å². The molecule has 0 bridgehead atoms. The minimum Gasteiger partial charge on any atom is -0.420 e. The minimum absolute atomic E-state index is 0.0317. The van der Waals surface area contributed by atoms with Gasteiger partial charge in [-0.3, -0.25) is 4.79 Å². The molecule has 0 radical (unpaired) electrons. The maximum Gasteiger partial charge on any atom is 0.281 e. The van der Waals surface area contributed by atoms with Gasteiger partial charge in [0.05, 0.1) is 16.5 Å². The van der Waals surface area contributed by atoms with Crippen LogP contribution in [0.25, 0.3) is 11.5 Å². The molecule has 0 saturated carbocycles. The van der Waals surface area contributed by atoms with Crippen LogP contribution in [0.2, 0.25) is 10.0 Å². The normalized spacial score (nSPS) is 17.1. The second-order valence-electron chi connectivity index (χ2n) is 6.00. The molecule has 1 aromatic carbocycles. The van der Waals surface area contributed by atoms with Crippen molar-refractivity contribution in [2.24, 2.45) is 0 Å². The molecule has 128 valence electrons. The lowest BCUT2D eigenvalue weighted by Gasteiger charge is -2.20. The Balaban J connectivity index is 1.77. The summed E-state index contributed by atoms with van der Waals surface area (Å²) in [6.45, 7) is 3.46. The summed E-state index contributed by atoms with van der Waals surface area (Å²) in [4.78, 5) is 14.3. The molecular weight excluding hydrogens is 351 g/mol. The van der Waals surface area contributed by atoms with E-state index in [0.29, 0.717) is 27.4 Å². The summed E-state index contributed by atoms with van der Waals surface area (Å²) in [5, 5.41) is 9.08. The number of hydrogen-bond acceptors (Lipinski definition) is 4. The van der Waals surface area contributed by atoms with E-state index in [1.54, 1.807) is 18.2 Å². The smallest absolute Gasteiger partial charge is 0.281 e. The monoisotopic (exact) mass is 369 g/mol. The molecule has 3 N–H and O–H groups in total. The van der Waals surface area contributed by atoms with E-state index >= 15 is 0 Å². The third-order valence-electron chi connectivity index (χ3n) is 4.33. The Morgan fingerprint density at radius 2 is 2.00 bits per heavy atom. The zero-order chi connectivity index (χ0) is 17.3. The summed E-state index contributed by atoms with van der Waals surface area (Å²) in [6.07, 6.45) is 2.10. The Labute approximate surface area is 149 Å². The third-order valence-corrected chi connectivity index (χ3v) is 4.88. The highest BCUT2D eigenvalue weighted by Crippen LogP contribution is 2.30. The number of hydrogen-bond donors (Lipinski definition) is 1. The van der Waals surface area contributed by atoms with E-state index in [0.717, 1.165) is 25.9 Å². The highest BCUT2D eigenvalue weighted by molar-refractivity contribution is 6.36. The van der Waals surface area contributed by atoms with Crippen molar-refractivity contribution in [2.75, 3.05) is 13.1 Å². The summed E-state index contributed by atoms with van der Waals surface area (Å²) in [5.41, 5.74) is 4.62. The first-order valence-electron chi connectivity index (χ1n) is 7.88. The summed E-state index contributed by atoms with van der Waals surface area (Å²) in [7, 11) is 0. The first kappa shape index (κ1) is 17.2. The predicted octanol–water partition coefficient (Wildman–Crippen LogP) is 2.38. The Kier molecular flexibility index (Phi) is 5.08. The molecule has 0 aliphatic carbocycles. The molecule has 1 aliphatic heterocycles. The quantitative estimate of drug-likeness (QED) is 0.895. The molecule has 1 fully saturated rings. The van der Waals surface area contributed by atoms with E-state index < -0.39 is 6.04 Å². The van der Waals surface area contributed by atoms with Crippen LogP contribution in [0.15, 0.2) is 22.6 Å². The first-order chi connectivity index (χ1) is 11.5. The number of benzene rings is 1. The number of aromatic nitrogens is 2. The van der Waals surface area contributed by atoms with Gasteiger partial charge in [-0.25, -0.2) is 0 Å². The number of carbonyl (C=O) groups is 1. The van der Waals surface area contributed by atoms with Crippen molar-refractivity contribution >= 4 is 29.1 Å². The molecule has 2 heterocycles. The Hall–Kier alpha value is -1.63. The lowest BCUT2D eigenvalue weighted by atomic mass is 10.0. The van der Waals surface area contributed by atoms with Crippen molar-refractivity contribution in [3.63, 3.8) is 0 Å². The molecule has 2 atom stereocenters. The average Bonchev–Trinajstić information content (AvgIpc) is 3.24. The molecule has 1 saturated heterocycles. The highest BCUT2D eigenvalue weighted by Gasteiger charge is 2.34. The van der Waals surface area contributed by atoms with Crippen LogP contribution in [0.5, 0.6) is 0 Å². The highest BCUT2D eigenvalue weighted by atomic mass is 35.5. The van der Waals surface area contributed by atoms with Crippen molar-refractivity contribution in [1.82, 2.24) is 15.1 Å². The fourth-order valence-electron chi connectivity index (χ4n) is 2.75. The van der Waals surface area contributed by atoms with Crippen LogP contribution in [0.4, 0.5) is 0 Å². The van der Waals surface area contributed by atoms with Gasteiger partial charge >= 0.3 is 0 Å². The van der Waals surface area contributed by atoms with E-state index in [1.165, 1.54) is 0 Å². The molecule has 0 unspecified atom stereocenters. The lowest BCUT2D eigenvalue weighted by Crippen LogP contribution is -2.69. The molecule has 2 aromatic rings. The molecule has 1 aliphatic rings. The largest absolute Gasteiger partial charge is 0.420 e. The molecule has 0 spiro atoms. The average molecular weight is 370 g/mol. The van der Waals surface area contributed by atoms with Gasteiger partial charge < -0.3 is 15.1 Å². The number of likely N-dealkylation sites (tertiary alicyclic amines) is 1. The Bertz CT molecular complexity index is 743. The van der Waals surface area contributed by atoms with E-state index in [1.807, 2.05) is 11.8 Å². The van der Waals surface area contributed by atoms with Crippen molar-refractivity contribution < 1.29 is 14.9 Å². The zero-order valence-electron chi connectivity index (χ0n) is 13.3. The van der Waals surface area contributed by atoms with Gasteiger partial charge in [-0.15, -0.1) is 10.2 Å². The maximum atomic E-state index is 12.5. The number of quaternary nitrogens is 1. The second-order valence-corrected chi connectivity index (χ2v) is 6.84. The van der Waals surface area contributed by atoms with Gasteiger partial charge in [0.1, 0.15) is 0 Å². The van der Waals surface area contributed by atoms with Crippen LogP contribution in [0.1, 0.15) is 31.6 Å². The Morgan fingerprint density at radius 1 is 1.29 bits per heavy atom. The number of nitrogens with zero attached hydrogens (tertiary/aromatic N) is 3. The standard InChI is InChI=1S/C16H18Cl2N4O2/c1-9(13(19)16(23)22-6-2-3-7-22)14-20-21-15(24-14)11-5-4-10(17)8-12(11)18/h4-5,8-9,13H,2-3,6-7,19H2,1H3/p+1/t9-,13-/m0/s1. The number of carbonyl (C=O) groups excluding carboxylic acids is 1. The van der Waals surface area contributed by atoms with Crippen LogP contribution in [0.3, 0.4) is 0 Å². The fraction of sp³-hybridized carbons (Fsp3) is 0.438. The molecule has 1 aromatic heterocycles. The van der Waals surface area contributed by atoms with Crippen LogP contribution >= 0.6 is 23.2 Å². The minimum atomic E-state index is -0.461. The predicted molar refractivity (Wildman–Crippen MR) is 90.7 cm³/mol. The van der Waals surface area contributed by atoms with Crippen LogP contribution < -0.4 is 5.73 Å². The summed E-state index contributed by atoms with van der Waals surface area (Å²) in [6, 6.07) is 4.59. The summed E-state index contributed by atoms with van der Waals surface area (Å²) < 4.78 is 5.73. The molecule has 6 nitrogen and oxygen atoms in total. The molecule has 24 heavy (non-hydrogen) atoms. The Morgan fingerprint density at radius 3 is 2.67 bits per heavy atom. The van der Waals surface area contributed by atoms with Crippen molar-refractivity contribution in [2.45, 2.75) is 31.7 Å². The van der Waals surface area contributed by atoms with Crippen molar-refractivity contribution in [3.8, 4) is 11.5 Å². The second kappa shape index (κ2) is 7.09. The molecule has 1 amide bonds. The van der Waals surface area contributed by atoms with Gasteiger partial charge in [0, 0.05) is 18.1 Å². The van der Waals surface area contributed by atoms with E-state index in [9.17, 15) is 4.79 Å². The number of halogens is 2. The third kappa shape index (κ3) is 3.41. The molecule has 3 rings (SSSR count). The van der Waals surface area contributed by atoms with Gasteiger partial charge in [0.15, 0.2) is 6.04 Å². The summed E-state index contributed by atoms with van der Waals surface area (Å²) in [5.74, 6) is 0.442. The maximum absolute atomic E-state index is 12.5. The van der Waals surface area contributed by atoms with Gasteiger partial charge in [0.2, 0.25) is 11.8 Å². The van der Waals surface area contributed by atoms with E-state index in [4.69, 9.17) is 27.6 Å². The van der Waals surface area contributed by atoms with E-state index in [-0.39, 0.29) is 11.8 Å². The number of rotatable bonds is 4. The zero-order valence-corrected chi connectivity index (χ0v) is 14.8. The molecule has 8 heteroatoms. The van der Waals surface area contributed by atoms with Crippen LogP contribution in [0, 0.1) is 0 Å². The van der Waals surface area contributed by atoms with Gasteiger partial charge in [0.25, 0.3) is 5.91 Å². The lowest BCUT2D eigenvalue weighted by molar-refractivity contribution is -0.411. The van der Waals surface area contributed by atoms with Crippen molar-refractivity contribution in [3.05, 3.63) is 34.1 Å². The van der Waals surface area contributed by atoms with E-state index in [2.05, 4.69) is 15.9 Å². The van der Waals surface area contributed by atoms with Crippen molar-refractivity contribution in [1.29, 1.82) is 0 Å². The number of amides is 1. The van der Waals surface area contributed by atoms with Gasteiger partial charge in [-0.2, -0.15) is 0 Å². The SMILES string of the molecule is C[C@H](c1nnc(-c2ccc(Cl)cc2Cl)o1)[C@H]([NH3+])C(=O)N1CCCC1. The first-order valence-corrected chi connectivity index (χ1v) is 8.63. The van der Waals surface area contributed by atoms with Crippen LogP contribution in [-0.4, -0.2) is 40.1 Å².